The van der Waals surface area contributed by atoms with Gasteiger partial charge in [0.2, 0.25) is 0 Å². The lowest BCUT2D eigenvalue weighted by Crippen LogP contribution is -2.00. The number of ether oxygens (including phenoxy) is 1. The highest BCUT2D eigenvalue weighted by atomic mass is 16.5. The van der Waals surface area contributed by atoms with E-state index in [1.54, 1.807) is 12.1 Å². The molecule has 4 aromatic rings. The van der Waals surface area contributed by atoms with Crippen molar-refractivity contribution in [1.29, 1.82) is 0 Å². The average Bonchev–Trinajstić information content (AvgIpc) is 3.21. The van der Waals surface area contributed by atoms with Gasteiger partial charge in [0.05, 0.1) is 12.7 Å². The molecular weight excluding hydrogens is 380 g/mol. The van der Waals surface area contributed by atoms with E-state index in [9.17, 15) is 4.79 Å². The van der Waals surface area contributed by atoms with E-state index in [0.29, 0.717) is 5.56 Å². The van der Waals surface area contributed by atoms with Gasteiger partial charge in [-0.3, -0.25) is 0 Å². The molecule has 0 aromatic heterocycles. The van der Waals surface area contributed by atoms with E-state index in [1.807, 2.05) is 24.3 Å². The number of carbonyl (C=O) groups is 1. The van der Waals surface area contributed by atoms with Crippen LogP contribution in [0.15, 0.2) is 91.0 Å². The molecule has 5 rings (SSSR count). The van der Waals surface area contributed by atoms with Crippen molar-refractivity contribution in [3.63, 3.8) is 0 Å². The first-order chi connectivity index (χ1) is 15.2. The largest absolute Gasteiger partial charge is 0.465 e. The van der Waals surface area contributed by atoms with E-state index >= 15 is 0 Å². The Labute approximate surface area is 182 Å². The zero-order valence-electron chi connectivity index (χ0n) is 17.2. The number of hydrogen-bond acceptors (Lipinski definition) is 2. The Kier molecular flexibility index (Phi) is 4.86. The van der Waals surface area contributed by atoms with E-state index in [-0.39, 0.29) is 5.97 Å². The lowest BCUT2D eigenvalue weighted by molar-refractivity contribution is 0.0601. The van der Waals surface area contributed by atoms with Crippen LogP contribution in [-0.4, -0.2) is 13.1 Å². The summed E-state index contributed by atoms with van der Waals surface area (Å²) in [7, 11) is 1.39. The molecule has 0 amide bonds. The van der Waals surface area contributed by atoms with E-state index < -0.39 is 0 Å². The molecule has 148 valence electrons. The van der Waals surface area contributed by atoms with Gasteiger partial charge in [-0.15, -0.1) is 0 Å². The highest BCUT2D eigenvalue weighted by Crippen LogP contribution is 2.36. The molecule has 0 fully saturated rings. The Bertz CT molecular complexity index is 1330. The van der Waals surface area contributed by atoms with Gasteiger partial charge in [0.25, 0.3) is 0 Å². The molecule has 1 aliphatic rings. The standard InChI is InChI=1S/C29H20O2/c1-31-29(30)24-16-14-23(15-17-24)22-11-8-20(9-12-22)6-7-21-10-13-26-19-25-4-2-3-5-27(25)28(26)18-21/h2-5,8-18H,19H2,1H3. The first-order valence-corrected chi connectivity index (χ1v) is 10.2. The minimum absolute atomic E-state index is 0.327. The molecular formula is C29H20O2. The van der Waals surface area contributed by atoms with Gasteiger partial charge < -0.3 is 4.74 Å². The van der Waals surface area contributed by atoms with Crippen LogP contribution in [-0.2, 0) is 11.2 Å². The summed E-state index contributed by atoms with van der Waals surface area (Å²) < 4.78 is 4.75. The van der Waals surface area contributed by atoms with Crippen LogP contribution < -0.4 is 0 Å². The van der Waals surface area contributed by atoms with Crippen LogP contribution in [0.25, 0.3) is 22.3 Å². The summed E-state index contributed by atoms with van der Waals surface area (Å²) in [6.45, 7) is 0. The first kappa shape index (κ1) is 18.9. The highest BCUT2D eigenvalue weighted by molar-refractivity contribution is 5.90. The minimum atomic E-state index is -0.327. The molecule has 0 saturated heterocycles. The number of hydrogen-bond donors (Lipinski definition) is 0. The van der Waals surface area contributed by atoms with Gasteiger partial charge in [-0.05, 0) is 76.2 Å². The second-order valence-corrected chi connectivity index (χ2v) is 7.60. The number of benzene rings is 4. The molecule has 1 aliphatic carbocycles. The molecule has 0 radical (unpaired) electrons. The Morgan fingerprint density at radius 3 is 2.06 bits per heavy atom. The van der Waals surface area contributed by atoms with Crippen molar-refractivity contribution >= 4 is 5.97 Å². The Morgan fingerprint density at radius 2 is 1.32 bits per heavy atom. The van der Waals surface area contributed by atoms with Crippen LogP contribution in [0.3, 0.4) is 0 Å². The monoisotopic (exact) mass is 400 g/mol. The topological polar surface area (TPSA) is 26.3 Å². The van der Waals surface area contributed by atoms with Crippen molar-refractivity contribution in [2.24, 2.45) is 0 Å². The number of rotatable bonds is 2. The van der Waals surface area contributed by atoms with E-state index in [2.05, 4.69) is 66.4 Å². The van der Waals surface area contributed by atoms with Gasteiger partial charge in [0.15, 0.2) is 0 Å². The highest BCUT2D eigenvalue weighted by Gasteiger charge is 2.17. The molecule has 0 N–H and O–H groups in total. The zero-order valence-corrected chi connectivity index (χ0v) is 17.2. The fraction of sp³-hybridized carbons (Fsp3) is 0.0690. The Morgan fingerprint density at radius 1 is 0.710 bits per heavy atom. The maximum atomic E-state index is 11.6. The normalized spacial score (nSPS) is 11.1. The van der Waals surface area contributed by atoms with Crippen molar-refractivity contribution in [3.8, 4) is 34.1 Å². The van der Waals surface area contributed by atoms with Crippen LogP contribution in [0.5, 0.6) is 0 Å². The van der Waals surface area contributed by atoms with E-state index in [1.165, 1.54) is 29.4 Å². The molecule has 0 atom stereocenters. The second-order valence-electron chi connectivity index (χ2n) is 7.60. The molecule has 0 spiro atoms. The van der Waals surface area contributed by atoms with Crippen LogP contribution >= 0.6 is 0 Å². The molecule has 4 aromatic carbocycles. The van der Waals surface area contributed by atoms with E-state index in [4.69, 9.17) is 4.74 Å². The molecule has 2 heteroatoms. The van der Waals surface area contributed by atoms with Gasteiger partial charge in [-0.25, -0.2) is 4.79 Å². The predicted molar refractivity (Wildman–Crippen MR) is 124 cm³/mol. The summed E-state index contributed by atoms with van der Waals surface area (Å²) in [5.41, 5.74) is 10.0. The molecule has 2 nitrogen and oxygen atoms in total. The SMILES string of the molecule is COC(=O)c1ccc(-c2ccc(C#Cc3ccc4c(c3)-c3ccccc3C4)cc2)cc1. The van der Waals surface area contributed by atoms with Gasteiger partial charge in [-0.1, -0.05) is 66.4 Å². The molecule has 0 saturated carbocycles. The van der Waals surface area contributed by atoms with Crippen LogP contribution in [0, 0.1) is 11.8 Å². The number of esters is 1. The van der Waals surface area contributed by atoms with Crippen LogP contribution in [0.1, 0.15) is 32.6 Å². The third kappa shape index (κ3) is 3.74. The average molecular weight is 400 g/mol. The summed E-state index contributed by atoms with van der Waals surface area (Å²) in [5, 5.41) is 0. The van der Waals surface area contributed by atoms with Gasteiger partial charge >= 0.3 is 5.97 Å². The first-order valence-electron chi connectivity index (χ1n) is 10.2. The summed E-state index contributed by atoms with van der Waals surface area (Å²) in [6, 6.07) is 30.7. The lowest BCUT2D eigenvalue weighted by Gasteiger charge is -2.04. The van der Waals surface area contributed by atoms with Crippen molar-refractivity contribution in [2.75, 3.05) is 7.11 Å². The fourth-order valence-corrected chi connectivity index (χ4v) is 4.01. The zero-order chi connectivity index (χ0) is 21.2. The maximum absolute atomic E-state index is 11.6. The molecule has 0 heterocycles. The van der Waals surface area contributed by atoms with Crippen LogP contribution in [0.4, 0.5) is 0 Å². The predicted octanol–water partition coefficient (Wildman–Crippen LogP) is 6.11. The fourth-order valence-electron chi connectivity index (χ4n) is 4.01. The van der Waals surface area contributed by atoms with Gasteiger partial charge in [-0.2, -0.15) is 0 Å². The molecule has 31 heavy (non-hydrogen) atoms. The summed E-state index contributed by atoms with van der Waals surface area (Å²) in [6.07, 6.45) is 1.00. The minimum Gasteiger partial charge on any atom is -0.465 e. The van der Waals surface area contributed by atoms with Crippen molar-refractivity contribution in [3.05, 3.63) is 119 Å². The van der Waals surface area contributed by atoms with Crippen molar-refractivity contribution in [2.45, 2.75) is 6.42 Å². The summed E-state index contributed by atoms with van der Waals surface area (Å²) in [5.74, 6) is 6.25. The molecule has 0 bridgehead atoms. The maximum Gasteiger partial charge on any atom is 0.337 e. The molecule has 0 aliphatic heterocycles. The molecule has 0 unspecified atom stereocenters. The van der Waals surface area contributed by atoms with Crippen molar-refractivity contribution in [1.82, 2.24) is 0 Å². The lowest BCUT2D eigenvalue weighted by atomic mass is 10.0. The Hall–Kier alpha value is -4.09. The third-order valence-corrected chi connectivity index (χ3v) is 5.67. The Balaban J connectivity index is 1.36. The third-order valence-electron chi connectivity index (χ3n) is 5.67. The quantitative estimate of drug-likeness (QED) is 0.264. The smallest absolute Gasteiger partial charge is 0.337 e. The second kappa shape index (κ2) is 7.97. The number of fused-ring (bicyclic) bond motifs is 3. The summed E-state index contributed by atoms with van der Waals surface area (Å²) >= 11 is 0. The van der Waals surface area contributed by atoms with E-state index in [0.717, 1.165) is 28.7 Å². The van der Waals surface area contributed by atoms with Gasteiger partial charge in [0.1, 0.15) is 0 Å². The number of methoxy groups -OCH3 is 1. The van der Waals surface area contributed by atoms with Crippen LogP contribution in [0.2, 0.25) is 0 Å². The van der Waals surface area contributed by atoms with Gasteiger partial charge in [0, 0.05) is 11.1 Å². The number of carbonyl (C=O) groups excluding carboxylic acids is 1. The summed E-state index contributed by atoms with van der Waals surface area (Å²) in [4.78, 5) is 11.6. The van der Waals surface area contributed by atoms with Crippen molar-refractivity contribution < 1.29 is 9.53 Å².